The monoisotopic (exact) mass is 336 g/mol. The number of aliphatic carboxylic acids is 1. The van der Waals surface area contributed by atoms with Gasteiger partial charge in [-0.3, -0.25) is 9.20 Å². The zero-order chi connectivity index (χ0) is 18.1. The molecule has 2 rings (SSSR count). The zero-order valence-corrected chi connectivity index (χ0v) is 13.9. The van der Waals surface area contributed by atoms with E-state index in [2.05, 4.69) is 10.3 Å². The van der Waals surface area contributed by atoms with E-state index in [0.717, 1.165) is 0 Å². The molecule has 2 heterocycles. The van der Waals surface area contributed by atoms with Gasteiger partial charge >= 0.3 is 12.1 Å². The fraction of sp³-hybridized carbons (Fsp3) is 0.467. The van der Waals surface area contributed by atoms with Crippen LogP contribution >= 0.6 is 0 Å². The predicted molar refractivity (Wildman–Crippen MR) is 84.9 cm³/mol. The molecule has 9 heteroatoms. The summed E-state index contributed by atoms with van der Waals surface area (Å²) in [4.78, 5) is 39.2. The first kappa shape index (κ1) is 17.5. The number of fused-ring (bicyclic) bond motifs is 1. The maximum Gasteiger partial charge on any atom is 0.408 e. The van der Waals surface area contributed by atoms with Gasteiger partial charge in [0.1, 0.15) is 11.6 Å². The summed E-state index contributed by atoms with van der Waals surface area (Å²) in [5.74, 6) is -1.21. The number of carbonyl (C=O) groups excluding carboxylic acids is 1. The Bertz CT molecular complexity index is 830. The quantitative estimate of drug-likeness (QED) is 0.843. The van der Waals surface area contributed by atoms with Crippen LogP contribution in [0.4, 0.5) is 4.79 Å². The van der Waals surface area contributed by atoms with Crippen molar-refractivity contribution in [2.45, 2.75) is 38.8 Å². The zero-order valence-electron chi connectivity index (χ0n) is 13.9. The van der Waals surface area contributed by atoms with Gasteiger partial charge in [-0.15, -0.1) is 0 Å². The number of aromatic nitrogens is 3. The van der Waals surface area contributed by atoms with Crippen molar-refractivity contribution < 1.29 is 19.4 Å². The van der Waals surface area contributed by atoms with E-state index in [-0.39, 0.29) is 17.6 Å². The van der Waals surface area contributed by atoms with E-state index in [1.807, 2.05) is 0 Å². The fourth-order valence-corrected chi connectivity index (χ4v) is 2.12. The number of imidazole rings is 1. The van der Waals surface area contributed by atoms with Crippen LogP contribution < -0.4 is 10.9 Å². The molecule has 2 aromatic heterocycles. The molecule has 24 heavy (non-hydrogen) atoms. The first-order chi connectivity index (χ1) is 11.1. The third-order valence-corrected chi connectivity index (χ3v) is 3.23. The average molecular weight is 336 g/mol. The molecule has 0 saturated carbocycles. The summed E-state index contributed by atoms with van der Waals surface area (Å²) in [7, 11) is 1.60. The predicted octanol–water partition coefficient (Wildman–Crippen LogP) is 0.553. The van der Waals surface area contributed by atoms with Crippen molar-refractivity contribution in [1.29, 1.82) is 0 Å². The molecule has 9 nitrogen and oxygen atoms in total. The number of ether oxygens (including phenoxy) is 1. The molecule has 0 radical (unpaired) electrons. The van der Waals surface area contributed by atoms with Crippen LogP contribution in [0, 0.1) is 0 Å². The van der Waals surface area contributed by atoms with Gasteiger partial charge in [-0.05, 0) is 20.8 Å². The SMILES string of the molecule is Cn1ccn2c(C[C@@H](NC(=O)OC(C)(C)C)C(=O)O)cnc2c1=O. The molecule has 130 valence electrons. The molecule has 2 aromatic rings. The second-order valence-electron chi connectivity index (χ2n) is 6.40. The maximum atomic E-state index is 12.0. The first-order valence-electron chi connectivity index (χ1n) is 7.32. The summed E-state index contributed by atoms with van der Waals surface area (Å²) in [5.41, 5.74) is -0.346. The number of hydrogen-bond donors (Lipinski definition) is 2. The van der Waals surface area contributed by atoms with Crippen LogP contribution in [0.15, 0.2) is 23.4 Å². The molecule has 1 amide bonds. The first-order valence-corrected chi connectivity index (χ1v) is 7.32. The number of hydrogen-bond acceptors (Lipinski definition) is 5. The third kappa shape index (κ3) is 3.92. The highest BCUT2D eigenvalue weighted by Crippen LogP contribution is 2.09. The number of rotatable bonds is 4. The highest BCUT2D eigenvalue weighted by molar-refractivity contribution is 5.80. The Morgan fingerprint density at radius 3 is 2.62 bits per heavy atom. The Hall–Kier alpha value is -2.84. The van der Waals surface area contributed by atoms with E-state index in [1.54, 1.807) is 40.2 Å². The lowest BCUT2D eigenvalue weighted by Gasteiger charge is -2.21. The average Bonchev–Trinajstić information content (AvgIpc) is 2.83. The Morgan fingerprint density at radius 2 is 2.04 bits per heavy atom. The molecule has 0 fully saturated rings. The van der Waals surface area contributed by atoms with Gasteiger partial charge in [0.25, 0.3) is 5.56 Å². The van der Waals surface area contributed by atoms with Crippen LogP contribution in [0.2, 0.25) is 0 Å². The van der Waals surface area contributed by atoms with Gasteiger partial charge < -0.3 is 19.7 Å². The van der Waals surface area contributed by atoms with Crippen LogP contribution in [0.1, 0.15) is 26.5 Å². The lowest BCUT2D eigenvalue weighted by atomic mass is 10.1. The van der Waals surface area contributed by atoms with E-state index >= 15 is 0 Å². The summed E-state index contributed by atoms with van der Waals surface area (Å²) in [6, 6.07) is -1.20. The van der Waals surface area contributed by atoms with Crippen molar-refractivity contribution in [2.75, 3.05) is 0 Å². The summed E-state index contributed by atoms with van der Waals surface area (Å²) in [6.07, 6.45) is 3.73. The van der Waals surface area contributed by atoms with Gasteiger partial charge in [0.15, 0.2) is 0 Å². The standard InChI is InChI=1S/C15H20N4O5/c1-15(2,3)24-14(23)17-10(13(21)22)7-9-8-16-11-12(20)18(4)5-6-19(9)11/h5-6,8,10H,7H2,1-4H3,(H,17,23)(H,21,22)/t10-/m1/s1. The lowest BCUT2D eigenvalue weighted by molar-refractivity contribution is -0.139. The van der Waals surface area contributed by atoms with Gasteiger partial charge in [0, 0.05) is 37.8 Å². The molecule has 1 atom stereocenters. The molecule has 0 aliphatic rings. The molecule has 0 saturated heterocycles. The lowest BCUT2D eigenvalue weighted by Crippen LogP contribution is -2.44. The van der Waals surface area contributed by atoms with E-state index < -0.39 is 23.7 Å². The van der Waals surface area contributed by atoms with Crippen LogP contribution in [-0.4, -0.2) is 42.8 Å². The van der Waals surface area contributed by atoms with E-state index in [9.17, 15) is 19.5 Å². The van der Waals surface area contributed by atoms with Crippen LogP contribution in [0.5, 0.6) is 0 Å². The summed E-state index contributed by atoms with van der Waals surface area (Å²) >= 11 is 0. The largest absolute Gasteiger partial charge is 0.480 e. The number of amides is 1. The van der Waals surface area contributed by atoms with Crippen molar-refractivity contribution in [2.24, 2.45) is 7.05 Å². The van der Waals surface area contributed by atoms with Gasteiger partial charge in [-0.1, -0.05) is 0 Å². The number of carboxylic acids is 1. The van der Waals surface area contributed by atoms with Crippen molar-refractivity contribution >= 4 is 17.7 Å². The second kappa shape index (κ2) is 6.34. The third-order valence-electron chi connectivity index (χ3n) is 3.23. The molecule has 0 unspecified atom stereocenters. The molecule has 0 spiro atoms. The van der Waals surface area contributed by atoms with Gasteiger partial charge in [0.2, 0.25) is 5.65 Å². The summed E-state index contributed by atoms with van der Waals surface area (Å²) in [5, 5.41) is 11.6. The summed E-state index contributed by atoms with van der Waals surface area (Å²) in [6.45, 7) is 5.05. The van der Waals surface area contributed by atoms with E-state index in [4.69, 9.17) is 4.74 Å². The van der Waals surface area contributed by atoms with Gasteiger partial charge in [0.05, 0.1) is 0 Å². The molecule has 0 bridgehead atoms. The fourth-order valence-electron chi connectivity index (χ4n) is 2.12. The molecule has 2 N–H and O–H groups in total. The molecular weight excluding hydrogens is 316 g/mol. The van der Waals surface area contributed by atoms with Crippen molar-refractivity contribution in [3.63, 3.8) is 0 Å². The smallest absolute Gasteiger partial charge is 0.408 e. The number of aryl methyl sites for hydroxylation is 1. The Morgan fingerprint density at radius 1 is 1.38 bits per heavy atom. The number of carbonyl (C=O) groups is 2. The minimum atomic E-state index is -1.21. The molecule has 0 aliphatic heterocycles. The minimum Gasteiger partial charge on any atom is -0.480 e. The summed E-state index contributed by atoms with van der Waals surface area (Å²) < 4.78 is 7.95. The molecule has 0 aromatic carbocycles. The normalized spacial score (nSPS) is 12.8. The van der Waals surface area contributed by atoms with Crippen LogP contribution in [0.3, 0.4) is 0 Å². The van der Waals surface area contributed by atoms with E-state index in [1.165, 1.54) is 15.2 Å². The van der Waals surface area contributed by atoms with Crippen LogP contribution in [0.25, 0.3) is 5.65 Å². The Labute approximate surface area is 137 Å². The van der Waals surface area contributed by atoms with Gasteiger partial charge in [-0.25, -0.2) is 14.6 Å². The number of carboxylic acid groups (broad SMARTS) is 1. The maximum absolute atomic E-state index is 12.0. The Balaban J connectivity index is 2.23. The highest BCUT2D eigenvalue weighted by atomic mass is 16.6. The van der Waals surface area contributed by atoms with Crippen LogP contribution in [-0.2, 0) is 23.0 Å². The van der Waals surface area contributed by atoms with Crippen molar-refractivity contribution in [3.8, 4) is 0 Å². The highest BCUT2D eigenvalue weighted by Gasteiger charge is 2.25. The number of nitrogens with zero attached hydrogens (tertiary/aromatic N) is 3. The van der Waals surface area contributed by atoms with E-state index in [0.29, 0.717) is 5.69 Å². The van der Waals surface area contributed by atoms with Crippen molar-refractivity contribution in [3.05, 3.63) is 34.6 Å². The minimum absolute atomic E-state index is 0.0388. The topological polar surface area (TPSA) is 115 Å². The Kier molecular flexibility index (Phi) is 4.63. The number of nitrogens with one attached hydrogen (secondary N) is 1. The second-order valence-corrected chi connectivity index (χ2v) is 6.40. The van der Waals surface area contributed by atoms with Gasteiger partial charge in [-0.2, -0.15) is 0 Å². The molecular formula is C15H20N4O5. The number of alkyl carbamates (subject to hydrolysis) is 1. The van der Waals surface area contributed by atoms with Crippen molar-refractivity contribution in [1.82, 2.24) is 19.3 Å². The molecule has 0 aliphatic carbocycles.